The second-order valence-electron chi connectivity index (χ2n) is 2.85. The highest BCUT2D eigenvalue weighted by Crippen LogP contribution is 1.59. The molecule has 0 rings (SSSR count). The van der Waals surface area contributed by atoms with Crippen molar-refractivity contribution in [3.05, 3.63) is 13.8 Å². The fourth-order valence-corrected chi connectivity index (χ4v) is 0.651. The second-order valence-corrected chi connectivity index (χ2v) is 2.85. The molecule has 0 saturated heterocycles. The third-order valence-electron chi connectivity index (χ3n) is 1.36. The minimum Gasteiger partial charge on any atom is -0.284 e. The summed E-state index contributed by atoms with van der Waals surface area (Å²) in [4.78, 5) is 0. The highest BCUT2D eigenvalue weighted by Gasteiger charge is 1.57. The zero-order valence-electron chi connectivity index (χ0n) is 12.4. The van der Waals surface area contributed by atoms with Crippen LogP contribution in [-0.4, -0.2) is 0 Å². The standard InChI is InChI=1S/C24H4/c1-3-5-7-9-11-13-15-17-19-21-23-24-22-20-18-16-14-12-10-8-6-4-2/h1-2H2/q-2. The Labute approximate surface area is 144 Å². The van der Waals surface area contributed by atoms with E-state index < -0.39 is 0 Å². The molecule has 0 fully saturated rings. The molecule has 0 atom stereocenters. The third kappa shape index (κ3) is 16.9. The molecular formula is C24H4-2. The SMILES string of the molecule is [CH2-]C#CC#CC#CC#CC#CC#CC#CC#CC#CC#CC#C[CH2-]. The molecule has 0 aliphatic carbocycles. The molecule has 0 radical (unpaired) electrons. The molecule has 0 aromatic rings. The van der Waals surface area contributed by atoms with Gasteiger partial charge in [0.05, 0.1) is 0 Å². The molecule has 0 bridgehead atoms. The van der Waals surface area contributed by atoms with Gasteiger partial charge in [-0.05, 0) is 94.7 Å². The van der Waals surface area contributed by atoms with Crippen LogP contribution in [0.3, 0.4) is 0 Å². The summed E-state index contributed by atoms with van der Waals surface area (Å²) in [7, 11) is 0. The summed E-state index contributed by atoms with van der Waals surface area (Å²) < 4.78 is 0. The van der Waals surface area contributed by atoms with Gasteiger partial charge in [-0.1, -0.05) is 0 Å². The summed E-state index contributed by atoms with van der Waals surface area (Å²) in [5.74, 6) is 54.4. The highest BCUT2D eigenvalue weighted by molar-refractivity contribution is 5.47. The van der Waals surface area contributed by atoms with Crippen LogP contribution in [0, 0.1) is 144 Å². The quantitative estimate of drug-likeness (QED) is 0.455. The molecule has 0 aromatic carbocycles. The molecule has 0 saturated carbocycles. The van der Waals surface area contributed by atoms with Crippen LogP contribution in [0.15, 0.2) is 0 Å². The van der Waals surface area contributed by atoms with Gasteiger partial charge in [-0.3, -0.25) is 11.8 Å². The van der Waals surface area contributed by atoms with Crippen molar-refractivity contribution in [2.75, 3.05) is 0 Å². The predicted molar refractivity (Wildman–Crippen MR) is 96.3 cm³/mol. The van der Waals surface area contributed by atoms with Gasteiger partial charge < -0.3 is 0 Å². The Morgan fingerprint density at radius 1 is 0.208 bits per heavy atom. The summed E-state index contributed by atoms with van der Waals surface area (Å²) in [5, 5.41) is 0. The Kier molecular flexibility index (Phi) is 14.1. The monoisotopic (exact) mass is 292 g/mol. The molecular weight excluding hydrogens is 288 g/mol. The van der Waals surface area contributed by atoms with Crippen LogP contribution in [-0.2, 0) is 0 Å². The van der Waals surface area contributed by atoms with Crippen LogP contribution >= 0.6 is 0 Å². The summed E-state index contributed by atoms with van der Waals surface area (Å²) in [5.41, 5.74) is 0. The van der Waals surface area contributed by atoms with Gasteiger partial charge in [-0.15, -0.1) is 11.8 Å². The maximum Gasteiger partial charge on any atom is -0.0000000000000000373 e. The maximum absolute atomic E-state index is 3.30. The molecule has 24 heavy (non-hydrogen) atoms. The third-order valence-corrected chi connectivity index (χ3v) is 1.36. The molecule has 0 aliphatic heterocycles. The van der Waals surface area contributed by atoms with Gasteiger partial charge in [0.2, 0.25) is 0 Å². The van der Waals surface area contributed by atoms with Crippen LogP contribution in [0.1, 0.15) is 0 Å². The lowest BCUT2D eigenvalue weighted by Gasteiger charge is -1.64. The van der Waals surface area contributed by atoms with E-state index in [1.54, 1.807) is 0 Å². The first-order valence-corrected chi connectivity index (χ1v) is 5.96. The number of hydrogen-bond donors (Lipinski definition) is 0. The van der Waals surface area contributed by atoms with Crippen LogP contribution in [0.25, 0.3) is 0 Å². The second kappa shape index (κ2) is 17.9. The highest BCUT2D eigenvalue weighted by atomic mass is 13.6. The Morgan fingerprint density at radius 3 is 0.458 bits per heavy atom. The summed E-state index contributed by atoms with van der Waals surface area (Å²) >= 11 is 0. The van der Waals surface area contributed by atoms with E-state index in [0.29, 0.717) is 0 Å². The van der Waals surface area contributed by atoms with Gasteiger partial charge in [-0.25, -0.2) is 11.8 Å². The zero-order chi connectivity index (χ0) is 17.6. The molecule has 0 N–H and O–H groups in total. The summed E-state index contributed by atoms with van der Waals surface area (Å²) in [6, 6.07) is 0. The van der Waals surface area contributed by atoms with Crippen LogP contribution in [0.4, 0.5) is 0 Å². The lowest BCUT2D eigenvalue weighted by atomic mass is 10.4. The first kappa shape index (κ1) is 18.9. The van der Waals surface area contributed by atoms with Crippen molar-refractivity contribution in [3.63, 3.8) is 0 Å². The van der Waals surface area contributed by atoms with E-state index in [-0.39, 0.29) is 0 Å². The Balaban J connectivity index is 4.39. The van der Waals surface area contributed by atoms with E-state index >= 15 is 0 Å². The first-order chi connectivity index (χ1) is 11.9. The largest absolute Gasteiger partial charge is 0.284 e. The lowest BCUT2D eigenvalue weighted by molar-refractivity contribution is 2.30. The first-order valence-electron chi connectivity index (χ1n) is 5.96. The average molecular weight is 292 g/mol. The minimum absolute atomic E-state index is 2.37. The van der Waals surface area contributed by atoms with Crippen molar-refractivity contribution in [1.29, 1.82) is 0 Å². The lowest BCUT2D eigenvalue weighted by Crippen LogP contribution is -1.56. The molecule has 0 amide bonds. The Hall–Kier alpha value is -5.10. The van der Waals surface area contributed by atoms with Crippen LogP contribution < -0.4 is 0 Å². The van der Waals surface area contributed by atoms with E-state index in [1.807, 2.05) is 0 Å². The molecule has 0 nitrogen and oxygen atoms in total. The van der Waals surface area contributed by atoms with Gasteiger partial charge >= 0.3 is 0 Å². The molecule has 0 spiro atoms. The topological polar surface area (TPSA) is 0 Å². The predicted octanol–water partition coefficient (Wildman–Crippen LogP) is 0.692. The van der Waals surface area contributed by atoms with E-state index in [0.717, 1.165) is 0 Å². The summed E-state index contributed by atoms with van der Waals surface area (Å²) in [6.07, 6.45) is 0. The fraction of sp³-hybridized carbons (Fsp3) is 0. The fourth-order valence-electron chi connectivity index (χ4n) is 0.651. The van der Waals surface area contributed by atoms with Gasteiger partial charge in [0.1, 0.15) is 0 Å². The zero-order valence-corrected chi connectivity index (χ0v) is 12.4. The van der Waals surface area contributed by atoms with E-state index in [4.69, 9.17) is 0 Å². The van der Waals surface area contributed by atoms with E-state index in [1.165, 1.54) is 0 Å². The van der Waals surface area contributed by atoms with Crippen molar-refractivity contribution < 1.29 is 0 Å². The van der Waals surface area contributed by atoms with Crippen LogP contribution in [0.2, 0.25) is 0 Å². The molecule has 102 valence electrons. The molecule has 0 aromatic heterocycles. The van der Waals surface area contributed by atoms with E-state index in [2.05, 4.69) is 144 Å². The molecule has 0 unspecified atom stereocenters. The van der Waals surface area contributed by atoms with Gasteiger partial charge in [-0.2, -0.15) is 13.8 Å². The average Bonchev–Trinajstić information content (AvgIpc) is 2.60. The number of rotatable bonds is 0. The van der Waals surface area contributed by atoms with Crippen LogP contribution in [0.5, 0.6) is 0 Å². The van der Waals surface area contributed by atoms with Crippen molar-refractivity contribution in [2.45, 2.75) is 0 Å². The minimum atomic E-state index is 2.37. The van der Waals surface area contributed by atoms with Gasteiger partial charge in [0.25, 0.3) is 0 Å². The van der Waals surface area contributed by atoms with Gasteiger partial charge in [0.15, 0.2) is 0 Å². The van der Waals surface area contributed by atoms with Crippen molar-refractivity contribution in [3.8, 4) is 130 Å². The van der Waals surface area contributed by atoms with Gasteiger partial charge in [0, 0.05) is 0 Å². The van der Waals surface area contributed by atoms with Crippen molar-refractivity contribution >= 4 is 0 Å². The normalized spacial score (nSPS) is 3.83. The molecule has 0 heteroatoms. The van der Waals surface area contributed by atoms with Crippen molar-refractivity contribution in [2.24, 2.45) is 0 Å². The number of hydrogen-bond acceptors (Lipinski definition) is 0. The van der Waals surface area contributed by atoms with Crippen molar-refractivity contribution in [1.82, 2.24) is 0 Å². The Morgan fingerprint density at radius 2 is 0.333 bits per heavy atom. The molecule has 0 aliphatic rings. The maximum atomic E-state index is 3.30. The molecule has 0 heterocycles. The summed E-state index contributed by atoms with van der Waals surface area (Å²) in [6.45, 7) is 6.60. The smallest absolute Gasteiger partial charge is 0.0000000000000000373 e. The van der Waals surface area contributed by atoms with E-state index in [9.17, 15) is 0 Å². The Bertz CT molecular complexity index is 1060.